The Labute approximate surface area is 146 Å². The summed E-state index contributed by atoms with van der Waals surface area (Å²) < 4.78 is 5.19. The number of nitrogens with one attached hydrogen (secondary N) is 1. The van der Waals surface area contributed by atoms with Crippen molar-refractivity contribution >= 4 is 22.7 Å². The zero-order chi connectivity index (χ0) is 17.1. The van der Waals surface area contributed by atoms with Gasteiger partial charge in [-0.15, -0.1) is 11.8 Å². The summed E-state index contributed by atoms with van der Waals surface area (Å²) in [4.78, 5) is 17.6. The summed E-state index contributed by atoms with van der Waals surface area (Å²) in [5, 5.41) is 0.782. The highest BCUT2D eigenvalue weighted by molar-refractivity contribution is 7.99. The first-order valence-corrected chi connectivity index (χ1v) is 9.06. The van der Waals surface area contributed by atoms with Crippen molar-refractivity contribution in [3.05, 3.63) is 58.4 Å². The van der Waals surface area contributed by atoms with Gasteiger partial charge in [-0.3, -0.25) is 4.79 Å². The fraction of sp³-hybridized carbons (Fsp3) is 0.250. The van der Waals surface area contributed by atoms with Crippen molar-refractivity contribution in [2.45, 2.75) is 25.2 Å². The fourth-order valence-corrected chi connectivity index (χ4v) is 3.68. The van der Waals surface area contributed by atoms with Gasteiger partial charge < -0.3 is 9.72 Å². The van der Waals surface area contributed by atoms with Gasteiger partial charge in [-0.2, -0.15) is 0 Å². The van der Waals surface area contributed by atoms with E-state index in [4.69, 9.17) is 4.74 Å². The van der Waals surface area contributed by atoms with Gasteiger partial charge >= 0.3 is 0 Å². The van der Waals surface area contributed by atoms with Gasteiger partial charge in [-0.1, -0.05) is 25.1 Å². The van der Waals surface area contributed by atoms with E-state index < -0.39 is 0 Å². The van der Waals surface area contributed by atoms with E-state index in [0.29, 0.717) is 5.56 Å². The van der Waals surface area contributed by atoms with Crippen molar-refractivity contribution in [2.24, 2.45) is 0 Å². The van der Waals surface area contributed by atoms with Gasteiger partial charge in [0.05, 0.1) is 18.0 Å². The van der Waals surface area contributed by atoms with Gasteiger partial charge in [-0.05, 0) is 48.4 Å². The molecular formula is C20H21NO2S. The first-order chi connectivity index (χ1) is 11.7. The first-order valence-electron chi connectivity index (χ1n) is 8.08. The molecule has 0 unspecified atom stereocenters. The van der Waals surface area contributed by atoms with Crippen LogP contribution in [-0.2, 0) is 0 Å². The first kappa shape index (κ1) is 16.7. The van der Waals surface area contributed by atoms with Gasteiger partial charge in [0.1, 0.15) is 5.75 Å². The predicted molar refractivity (Wildman–Crippen MR) is 102 cm³/mol. The zero-order valence-electron chi connectivity index (χ0n) is 14.2. The number of hydrogen-bond acceptors (Lipinski definition) is 3. The summed E-state index contributed by atoms with van der Waals surface area (Å²) in [7, 11) is 1.64. The Kier molecular flexibility index (Phi) is 4.95. The maximum absolute atomic E-state index is 13.1. The van der Waals surface area contributed by atoms with E-state index in [1.54, 1.807) is 18.9 Å². The second kappa shape index (κ2) is 7.14. The molecule has 0 aliphatic rings. The number of fused-ring (bicyclic) bond motifs is 1. The van der Waals surface area contributed by atoms with Crippen molar-refractivity contribution < 1.29 is 4.74 Å². The molecule has 0 bridgehead atoms. The molecule has 0 amide bonds. The predicted octanol–water partition coefficient (Wildman–Crippen LogP) is 5.01. The number of aromatic amines is 1. The van der Waals surface area contributed by atoms with E-state index in [-0.39, 0.29) is 5.43 Å². The van der Waals surface area contributed by atoms with Crippen LogP contribution in [0.3, 0.4) is 0 Å². The molecule has 0 saturated carbocycles. The number of pyridine rings is 1. The van der Waals surface area contributed by atoms with E-state index in [9.17, 15) is 4.79 Å². The van der Waals surface area contributed by atoms with Gasteiger partial charge in [0, 0.05) is 16.7 Å². The molecule has 124 valence electrons. The van der Waals surface area contributed by atoms with Crippen molar-refractivity contribution in [3.8, 4) is 16.9 Å². The lowest BCUT2D eigenvalue weighted by molar-refractivity contribution is 0.415. The number of hydrogen-bond donors (Lipinski definition) is 1. The molecule has 0 aliphatic carbocycles. The van der Waals surface area contributed by atoms with Crippen LogP contribution in [0, 0.1) is 6.92 Å². The number of rotatable bonds is 5. The number of thioether (sulfide) groups is 1. The standard InChI is InChI=1S/C20H21NO2S/c1-4-11-24-17-10-5-13(2)18-19(17)21-12-16(20(18)22)14-6-8-15(23-3)9-7-14/h5-10,12H,4,11H2,1-3H3,(H,21,22). The third-order valence-electron chi connectivity index (χ3n) is 4.07. The van der Waals surface area contributed by atoms with E-state index in [2.05, 4.69) is 18.0 Å². The fourth-order valence-electron chi connectivity index (χ4n) is 2.79. The lowest BCUT2D eigenvalue weighted by Gasteiger charge is -2.10. The largest absolute Gasteiger partial charge is 0.497 e. The molecule has 1 heterocycles. The van der Waals surface area contributed by atoms with Crippen LogP contribution in [0.1, 0.15) is 18.9 Å². The second-order valence-electron chi connectivity index (χ2n) is 5.74. The van der Waals surface area contributed by atoms with Crippen LogP contribution in [0.5, 0.6) is 5.75 Å². The molecule has 0 saturated heterocycles. The van der Waals surface area contributed by atoms with Crippen LogP contribution in [0.2, 0.25) is 0 Å². The second-order valence-corrected chi connectivity index (χ2v) is 6.88. The molecular weight excluding hydrogens is 318 g/mol. The lowest BCUT2D eigenvalue weighted by atomic mass is 10.0. The Morgan fingerprint density at radius 1 is 1.12 bits per heavy atom. The summed E-state index contributed by atoms with van der Waals surface area (Å²) in [5.74, 6) is 1.82. The van der Waals surface area contributed by atoms with E-state index >= 15 is 0 Å². The van der Waals surface area contributed by atoms with Crippen molar-refractivity contribution in [1.29, 1.82) is 0 Å². The van der Waals surface area contributed by atoms with Crippen molar-refractivity contribution in [1.82, 2.24) is 4.98 Å². The number of ether oxygens (including phenoxy) is 1. The topological polar surface area (TPSA) is 42.1 Å². The number of aromatic nitrogens is 1. The maximum Gasteiger partial charge on any atom is 0.197 e. The summed E-state index contributed by atoms with van der Waals surface area (Å²) >= 11 is 1.79. The van der Waals surface area contributed by atoms with Gasteiger partial charge in [-0.25, -0.2) is 0 Å². The molecule has 0 aliphatic heterocycles. The highest BCUT2D eigenvalue weighted by Crippen LogP contribution is 2.29. The molecule has 3 rings (SSSR count). The van der Waals surface area contributed by atoms with Crippen LogP contribution in [0.15, 0.2) is 52.3 Å². The molecule has 0 radical (unpaired) electrons. The Bertz CT molecular complexity index is 913. The van der Waals surface area contributed by atoms with Crippen molar-refractivity contribution in [2.75, 3.05) is 12.9 Å². The lowest BCUT2D eigenvalue weighted by Crippen LogP contribution is -2.08. The monoisotopic (exact) mass is 339 g/mol. The highest BCUT2D eigenvalue weighted by Gasteiger charge is 2.12. The Balaban J connectivity index is 2.16. The molecule has 0 atom stereocenters. The molecule has 1 aromatic heterocycles. The normalized spacial score (nSPS) is 11.0. The summed E-state index contributed by atoms with van der Waals surface area (Å²) in [6.45, 7) is 4.15. The number of benzene rings is 2. The van der Waals surface area contributed by atoms with Crippen LogP contribution < -0.4 is 10.2 Å². The molecule has 24 heavy (non-hydrogen) atoms. The summed E-state index contributed by atoms with van der Waals surface area (Å²) in [6, 6.07) is 11.7. The quantitative estimate of drug-likeness (QED) is 0.664. The third kappa shape index (κ3) is 3.06. The molecule has 3 nitrogen and oxygen atoms in total. The molecule has 3 aromatic rings. The van der Waals surface area contributed by atoms with Crippen molar-refractivity contribution in [3.63, 3.8) is 0 Å². The molecule has 1 N–H and O–H groups in total. The average molecular weight is 339 g/mol. The number of methoxy groups -OCH3 is 1. The number of H-pyrrole nitrogens is 1. The zero-order valence-corrected chi connectivity index (χ0v) is 15.0. The van der Waals surface area contributed by atoms with Gasteiger partial charge in [0.15, 0.2) is 5.43 Å². The Hall–Kier alpha value is -2.20. The molecule has 0 fully saturated rings. The smallest absolute Gasteiger partial charge is 0.197 e. The molecule has 2 aromatic carbocycles. The molecule has 4 heteroatoms. The summed E-state index contributed by atoms with van der Waals surface area (Å²) in [5.41, 5.74) is 3.60. The minimum Gasteiger partial charge on any atom is -0.497 e. The van der Waals surface area contributed by atoms with E-state index in [1.807, 2.05) is 43.5 Å². The maximum atomic E-state index is 13.1. The van der Waals surface area contributed by atoms with Crippen LogP contribution in [0.4, 0.5) is 0 Å². The van der Waals surface area contributed by atoms with Crippen LogP contribution >= 0.6 is 11.8 Å². The Morgan fingerprint density at radius 3 is 2.54 bits per heavy atom. The van der Waals surface area contributed by atoms with E-state index in [1.165, 1.54) is 0 Å². The average Bonchev–Trinajstić information content (AvgIpc) is 2.61. The minimum atomic E-state index is 0.0744. The minimum absolute atomic E-state index is 0.0744. The van der Waals surface area contributed by atoms with Gasteiger partial charge in [0.2, 0.25) is 0 Å². The summed E-state index contributed by atoms with van der Waals surface area (Å²) in [6.07, 6.45) is 2.93. The molecule has 0 spiro atoms. The highest BCUT2D eigenvalue weighted by atomic mass is 32.2. The number of aryl methyl sites for hydroxylation is 1. The Morgan fingerprint density at radius 2 is 1.88 bits per heavy atom. The third-order valence-corrected chi connectivity index (χ3v) is 5.33. The SMILES string of the molecule is CCCSc1ccc(C)c2c(=O)c(-c3ccc(OC)cc3)c[nH]c12. The van der Waals surface area contributed by atoms with Crippen LogP contribution in [-0.4, -0.2) is 17.8 Å². The van der Waals surface area contributed by atoms with Crippen LogP contribution in [0.25, 0.3) is 22.0 Å². The van der Waals surface area contributed by atoms with E-state index in [0.717, 1.165) is 44.8 Å². The van der Waals surface area contributed by atoms with Gasteiger partial charge in [0.25, 0.3) is 0 Å².